The Hall–Kier alpha value is -0.650. The maximum Gasteiger partial charge on any atom is 0.314 e. The Morgan fingerprint density at radius 2 is 1.71 bits per heavy atom. The first-order chi connectivity index (χ1) is 9.42. The van der Waals surface area contributed by atoms with Crippen LogP contribution in [0, 0.1) is 5.41 Å². The molecular formula is C16H32NO4+. The summed E-state index contributed by atoms with van der Waals surface area (Å²) in [4.78, 5) is 12.4. The van der Waals surface area contributed by atoms with Gasteiger partial charge in [0.05, 0.1) is 23.1 Å². The molecule has 5 nitrogen and oxygen atoms in total. The van der Waals surface area contributed by atoms with Crippen LogP contribution in [0.2, 0.25) is 0 Å². The summed E-state index contributed by atoms with van der Waals surface area (Å²) in [6.45, 7) is 14.7. The molecule has 1 rings (SSSR count). The van der Waals surface area contributed by atoms with Crippen LogP contribution in [-0.4, -0.2) is 46.6 Å². The minimum absolute atomic E-state index is 0.148. The fraction of sp³-hybridized carbons (Fsp3) is 0.938. The van der Waals surface area contributed by atoms with Crippen molar-refractivity contribution in [1.29, 1.82) is 0 Å². The van der Waals surface area contributed by atoms with Crippen molar-refractivity contribution < 1.29 is 19.5 Å². The highest BCUT2D eigenvalue weighted by molar-refractivity contribution is 5.76. The van der Waals surface area contributed by atoms with Crippen molar-refractivity contribution in [3.05, 3.63) is 0 Å². The van der Waals surface area contributed by atoms with Gasteiger partial charge < -0.3 is 14.7 Å². The Bertz CT molecular complexity index is 358. The highest BCUT2D eigenvalue weighted by atomic mass is 16.6. The van der Waals surface area contributed by atoms with Gasteiger partial charge in [-0.25, -0.2) is 0 Å². The van der Waals surface area contributed by atoms with Crippen LogP contribution in [0.4, 0.5) is 0 Å². The van der Waals surface area contributed by atoms with Crippen molar-refractivity contribution in [2.75, 3.05) is 13.2 Å². The zero-order valence-electron chi connectivity index (χ0n) is 14.6. The van der Waals surface area contributed by atoms with E-state index in [-0.39, 0.29) is 23.2 Å². The fourth-order valence-corrected chi connectivity index (χ4v) is 3.00. The third-order valence-electron chi connectivity index (χ3n) is 4.16. The zero-order chi connectivity index (χ0) is 16.5. The molecule has 0 aromatic heterocycles. The molecule has 0 atom stereocenters. The molecular weight excluding hydrogens is 270 g/mol. The smallest absolute Gasteiger partial charge is 0.314 e. The number of piperidine rings is 1. The van der Waals surface area contributed by atoms with Crippen LogP contribution < -0.4 is 0 Å². The second kappa shape index (κ2) is 6.23. The maximum absolute atomic E-state index is 12.4. The van der Waals surface area contributed by atoms with Gasteiger partial charge in [-0.15, -0.1) is 0 Å². The molecule has 0 aromatic rings. The van der Waals surface area contributed by atoms with Crippen molar-refractivity contribution >= 4 is 5.97 Å². The molecule has 0 amide bonds. The Morgan fingerprint density at radius 1 is 1.24 bits per heavy atom. The lowest BCUT2D eigenvalue weighted by Crippen LogP contribution is -2.61. The topological polar surface area (TPSA) is 61.7 Å². The highest BCUT2D eigenvalue weighted by Crippen LogP contribution is 2.38. The SMILES string of the molecule is CCOCC(C)(C)C(=O)OC1CC(C)(C)N([OH2+])C(C)(C)C1. The minimum atomic E-state index is -0.637. The average molecular weight is 302 g/mol. The number of carbonyl (C=O) groups is 1. The largest absolute Gasteiger partial charge is 0.462 e. The van der Waals surface area contributed by atoms with Gasteiger partial charge in [0, 0.05) is 19.4 Å². The van der Waals surface area contributed by atoms with Gasteiger partial charge in [-0.2, -0.15) is 0 Å². The molecule has 1 aliphatic rings. The first-order valence-electron chi connectivity index (χ1n) is 7.73. The van der Waals surface area contributed by atoms with Gasteiger partial charge in [0.1, 0.15) is 6.10 Å². The normalized spacial score (nSPS) is 23.0. The summed E-state index contributed by atoms with van der Waals surface area (Å²) in [6, 6.07) is 0. The average Bonchev–Trinajstić information content (AvgIpc) is 2.32. The molecule has 0 radical (unpaired) electrons. The second-order valence-corrected chi connectivity index (χ2v) is 7.92. The van der Waals surface area contributed by atoms with Gasteiger partial charge in [-0.1, -0.05) is 5.06 Å². The molecule has 1 aliphatic heterocycles. The fourth-order valence-electron chi connectivity index (χ4n) is 3.00. The number of ether oxygens (including phenoxy) is 2. The molecule has 0 aromatic carbocycles. The number of esters is 1. The molecule has 0 saturated carbocycles. The van der Waals surface area contributed by atoms with E-state index >= 15 is 0 Å². The van der Waals surface area contributed by atoms with Crippen molar-refractivity contribution in [3.63, 3.8) is 0 Å². The molecule has 0 bridgehead atoms. The van der Waals surface area contributed by atoms with Gasteiger partial charge in [0.15, 0.2) is 0 Å². The molecule has 1 heterocycles. The second-order valence-electron chi connectivity index (χ2n) is 7.92. The molecule has 124 valence electrons. The molecule has 2 N–H and O–H groups in total. The van der Waals surface area contributed by atoms with E-state index in [1.165, 1.54) is 0 Å². The van der Waals surface area contributed by atoms with Crippen molar-refractivity contribution in [3.8, 4) is 0 Å². The third kappa shape index (κ3) is 4.41. The summed E-state index contributed by atoms with van der Waals surface area (Å²) in [5, 5.41) is 9.87. The highest BCUT2D eigenvalue weighted by Gasteiger charge is 2.50. The van der Waals surface area contributed by atoms with E-state index in [4.69, 9.17) is 14.7 Å². The third-order valence-corrected chi connectivity index (χ3v) is 4.16. The first kappa shape index (κ1) is 18.4. The lowest BCUT2D eigenvalue weighted by molar-refractivity contribution is -0.260. The molecule has 0 unspecified atom stereocenters. The Kier molecular flexibility index (Phi) is 5.45. The van der Waals surface area contributed by atoms with E-state index in [1.807, 2.05) is 48.5 Å². The van der Waals surface area contributed by atoms with Gasteiger partial charge in [-0.3, -0.25) is 4.79 Å². The molecule has 0 aliphatic carbocycles. The predicted octanol–water partition coefficient (Wildman–Crippen LogP) is 2.25. The van der Waals surface area contributed by atoms with Crippen LogP contribution >= 0.6 is 0 Å². The van der Waals surface area contributed by atoms with E-state index in [1.54, 1.807) is 5.06 Å². The summed E-state index contributed by atoms with van der Waals surface area (Å²) in [7, 11) is 0. The van der Waals surface area contributed by atoms with Crippen molar-refractivity contribution in [2.45, 2.75) is 78.5 Å². The number of hydroxylamine groups is 2. The van der Waals surface area contributed by atoms with E-state index in [0.29, 0.717) is 26.1 Å². The monoisotopic (exact) mass is 302 g/mol. The zero-order valence-corrected chi connectivity index (χ0v) is 14.6. The Morgan fingerprint density at radius 3 is 2.14 bits per heavy atom. The summed E-state index contributed by atoms with van der Waals surface area (Å²) in [5.74, 6) is -0.217. The Labute approximate surface area is 128 Å². The number of nitrogens with zero attached hydrogens (tertiary/aromatic N) is 1. The van der Waals surface area contributed by atoms with Gasteiger partial charge in [-0.05, 0) is 48.5 Å². The van der Waals surface area contributed by atoms with E-state index in [0.717, 1.165) is 0 Å². The first-order valence-corrected chi connectivity index (χ1v) is 7.73. The van der Waals surface area contributed by atoms with Crippen LogP contribution in [0.1, 0.15) is 61.3 Å². The minimum Gasteiger partial charge on any atom is -0.462 e. The quantitative estimate of drug-likeness (QED) is 0.577. The summed E-state index contributed by atoms with van der Waals surface area (Å²) in [5.41, 5.74) is -1.25. The van der Waals surface area contributed by atoms with Crippen LogP contribution in [-0.2, 0) is 14.3 Å². The van der Waals surface area contributed by atoms with Crippen LogP contribution in [0.15, 0.2) is 0 Å². The maximum atomic E-state index is 12.4. The summed E-state index contributed by atoms with van der Waals surface area (Å²) >= 11 is 0. The number of hydrogen-bond acceptors (Lipinski definition) is 4. The number of carbonyl (C=O) groups excluding carboxylic acids is 1. The molecule has 21 heavy (non-hydrogen) atoms. The molecule has 0 spiro atoms. The van der Waals surface area contributed by atoms with Gasteiger partial charge in [0.25, 0.3) is 0 Å². The van der Waals surface area contributed by atoms with Crippen LogP contribution in [0.3, 0.4) is 0 Å². The molecule has 5 heteroatoms. The summed E-state index contributed by atoms with van der Waals surface area (Å²) in [6.07, 6.45) is 1.21. The standard InChI is InChI=1S/C16H31NO4/c1-8-20-11-14(2,3)13(18)21-12-9-15(4,5)17(19)16(6,7)10-12/h12,19H,8-11H2,1-7H3/p+1. The van der Waals surface area contributed by atoms with Gasteiger partial charge >= 0.3 is 5.97 Å². The Balaban J connectivity index is 2.73. The molecule has 1 saturated heterocycles. The molecule has 1 fully saturated rings. The van der Waals surface area contributed by atoms with E-state index in [2.05, 4.69) is 0 Å². The van der Waals surface area contributed by atoms with Crippen molar-refractivity contribution in [2.24, 2.45) is 5.41 Å². The predicted molar refractivity (Wildman–Crippen MR) is 83.0 cm³/mol. The number of rotatable bonds is 5. The van der Waals surface area contributed by atoms with Crippen LogP contribution in [0.5, 0.6) is 0 Å². The van der Waals surface area contributed by atoms with Crippen LogP contribution in [0.25, 0.3) is 0 Å². The lowest BCUT2D eigenvalue weighted by Gasteiger charge is -2.47. The van der Waals surface area contributed by atoms with E-state index in [9.17, 15) is 4.79 Å². The van der Waals surface area contributed by atoms with Crippen molar-refractivity contribution in [1.82, 2.24) is 5.06 Å². The lowest BCUT2D eigenvalue weighted by atomic mass is 9.80. The number of hydrogen-bond donors (Lipinski definition) is 0. The summed E-state index contributed by atoms with van der Waals surface area (Å²) < 4.78 is 11.1. The van der Waals surface area contributed by atoms with E-state index < -0.39 is 5.41 Å². The van der Waals surface area contributed by atoms with Gasteiger partial charge in [0.2, 0.25) is 0 Å².